The Bertz CT molecular complexity index is 456. The van der Waals surface area contributed by atoms with Gasteiger partial charge in [-0.2, -0.15) is 0 Å². The maximum Gasteiger partial charge on any atom is 0.119 e. The van der Waals surface area contributed by atoms with Crippen molar-refractivity contribution >= 4 is 0 Å². The molecule has 3 heteroatoms. The highest BCUT2D eigenvalue weighted by molar-refractivity contribution is 5.20. The number of benzene rings is 1. The predicted octanol–water partition coefficient (Wildman–Crippen LogP) is 4.78. The highest BCUT2D eigenvalue weighted by Crippen LogP contribution is 2.29. The Labute approximate surface area is 154 Å². The Morgan fingerprint density at radius 2 is 1.80 bits per heavy atom. The van der Waals surface area contributed by atoms with Crippen LogP contribution in [0.2, 0.25) is 0 Å². The molecule has 2 rings (SSSR count). The molecule has 1 aliphatic carbocycles. The molecule has 1 aliphatic rings. The average Bonchev–Trinajstić information content (AvgIpc) is 2.62. The lowest BCUT2D eigenvalue weighted by Gasteiger charge is -2.30. The van der Waals surface area contributed by atoms with E-state index in [0.29, 0.717) is 18.4 Å². The molecule has 3 atom stereocenters. The molecule has 0 radical (unpaired) electrons. The molecule has 3 N–H and O–H groups in total. The second-order valence-corrected chi connectivity index (χ2v) is 8.16. The summed E-state index contributed by atoms with van der Waals surface area (Å²) >= 11 is 0. The van der Waals surface area contributed by atoms with E-state index in [0.717, 1.165) is 30.9 Å². The van der Waals surface area contributed by atoms with E-state index in [1.54, 1.807) is 0 Å². The van der Waals surface area contributed by atoms with Gasteiger partial charge in [0.15, 0.2) is 0 Å². The number of hydrogen-bond acceptors (Lipinski definition) is 3. The normalized spacial score (nSPS) is 19.6. The molecular formula is C22H37NO2. The van der Waals surface area contributed by atoms with Crippen molar-refractivity contribution in [2.24, 2.45) is 23.5 Å². The van der Waals surface area contributed by atoms with Crippen LogP contribution in [0.25, 0.3) is 0 Å². The molecule has 0 bridgehead atoms. The zero-order valence-electron chi connectivity index (χ0n) is 16.1. The van der Waals surface area contributed by atoms with Gasteiger partial charge in [-0.15, -0.1) is 0 Å². The van der Waals surface area contributed by atoms with Gasteiger partial charge in [0.05, 0.1) is 12.7 Å². The first-order valence-electron chi connectivity index (χ1n) is 10.2. The SMILES string of the molecule is CC(C)[C@@H](CCOc1ccccc1)C[C@H](O)[C@@H](N)CC1CCCCC1. The summed E-state index contributed by atoms with van der Waals surface area (Å²) in [4.78, 5) is 0. The number of hydrogen-bond donors (Lipinski definition) is 2. The average molecular weight is 348 g/mol. The molecule has 0 aromatic heterocycles. The van der Waals surface area contributed by atoms with Gasteiger partial charge in [0.1, 0.15) is 5.75 Å². The highest BCUT2D eigenvalue weighted by atomic mass is 16.5. The number of para-hydroxylation sites is 1. The van der Waals surface area contributed by atoms with E-state index in [1.165, 1.54) is 32.1 Å². The summed E-state index contributed by atoms with van der Waals surface area (Å²) in [6.07, 6.45) is 8.93. The summed E-state index contributed by atoms with van der Waals surface area (Å²) in [6, 6.07) is 9.86. The van der Waals surface area contributed by atoms with Gasteiger partial charge in [-0.1, -0.05) is 64.2 Å². The topological polar surface area (TPSA) is 55.5 Å². The fraction of sp³-hybridized carbons (Fsp3) is 0.727. The van der Waals surface area contributed by atoms with E-state index < -0.39 is 6.10 Å². The van der Waals surface area contributed by atoms with Crippen molar-refractivity contribution in [3.8, 4) is 5.75 Å². The van der Waals surface area contributed by atoms with Crippen molar-refractivity contribution in [3.05, 3.63) is 30.3 Å². The van der Waals surface area contributed by atoms with Crippen molar-refractivity contribution in [2.45, 2.75) is 77.4 Å². The molecule has 0 heterocycles. The smallest absolute Gasteiger partial charge is 0.119 e. The number of aliphatic hydroxyl groups is 1. The number of ether oxygens (including phenoxy) is 1. The standard InChI is InChI=1S/C22H37NO2/c1-17(2)19(13-14-25-20-11-7-4-8-12-20)16-22(24)21(23)15-18-9-5-3-6-10-18/h4,7-8,11-12,17-19,21-22,24H,3,5-6,9-10,13-16,23H2,1-2H3/t19-,21-,22-/m0/s1. The zero-order valence-corrected chi connectivity index (χ0v) is 16.1. The molecule has 1 aromatic carbocycles. The Hall–Kier alpha value is -1.06. The van der Waals surface area contributed by atoms with Gasteiger partial charge in [-0.3, -0.25) is 0 Å². The van der Waals surface area contributed by atoms with Crippen LogP contribution < -0.4 is 10.5 Å². The highest BCUT2D eigenvalue weighted by Gasteiger charge is 2.25. The molecule has 0 saturated heterocycles. The predicted molar refractivity (Wildman–Crippen MR) is 105 cm³/mol. The van der Waals surface area contributed by atoms with Crippen LogP contribution >= 0.6 is 0 Å². The first-order chi connectivity index (χ1) is 12.1. The summed E-state index contributed by atoms with van der Waals surface area (Å²) in [5.74, 6) is 2.60. The van der Waals surface area contributed by atoms with Crippen LogP contribution in [0.1, 0.15) is 65.2 Å². The zero-order chi connectivity index (χ0) is 18.1. The second kappa shape index (κ2) is 10.8. The molecule has 0 spiro atoms. The van der Waals surface area contributed by atoms with Crippen molar-refractivity contribution in [1.82, 2.24) is 0 Å². The summed E-state index contributed by atoms with van der Waals surface area (Å²) in [7, 11) is 0. The van der Waals surface area contributed by atoms with Crippen LogP contribution in [0.4, 0.5) is 0 Å². The van der Waals surface area contributed by atoms with Crippen molar-refractivity contribution in [1.29, 1.82) is 0 Å². The molecule has 142 valence electrons. The van der Waals surface area contributed by atoms with Crippen LogP contribution in [0.5, 0.6) is 5.75 Å². The van der Waals surface area contributed by atoms with E-state index >= 15 is 0 Å². The van der Waals surface area contributed by atoms with Gasteiger partial charge >= 0.3 is 0 Å². The van der Waals surface area contributed by atoms with Crippen molar-refractivity contribution in [2.75, 3.05) is 6.61 Å². The first-order valence-corrected chi connectivity index (χ1v) is 10.2. The van der Waals surface area contributed by atoms with Crippen molar-refractivity contribution < 1.29 is 9.84 Å². The number of rotatable bonds is 10. The lowest BCUT2D eigenvalue weighted by atomic mass is 9.81. The molecule has 1 aromatic rings. The van der Waals surface area contributed by atoms with E-state index in [9.17, 15) is 5.11 Å². The minimum absolute atomic E-state index is 0.0839. The minimum Gasteiger partial charge on any atom is -0.494 e. The van der Waals surface area contributed by atoms with E-state index in [2.05, 4.69) is 13.8 Å². The van der Waals surface area contributed by atoms with Crippen LogP contribution in [-0.4, -0.2) is 23.9 Å². The van der Waals surface area contributed by atoms with Gasteiger partial charge < -0.3 is 15.6 Å². The fourth-order valence-electron chi connectivity index (χ4n) is 4.02. The molecule has 3 nitrogen and oxygen atoms in total. The van der Waals surface area contributed by atoms with E-state index in [-0.39, 0.29) is 6.04 Å². The Morgan fingerprint density at radius 3 is 2.44 bits per heavy atom. The third-order valence-corrected chi connectivity index (χ3v) is 5.81. The van der Waals surface area contributed by atoms with Gasteiger partial charge in [-0.05, 0) is 49.1 Å². The monoisotopic (exact) mass is 347 g/mol. The third kappa shape index (κ3) is 7.37. The molecule has 1 fully saturated rings. The lowest BCUT2D eigenvalue weighted by Crippen LogP contribution is -2.38. The van der Waals surface area contributed by atoms with Gasteiger partial charge in [0.2, 0.25) is 0 Å². The van der Waals surface area contributed by atoms with Gasteiger partial charge in [0, 0.05) is 6.04 Å². The molecular weight excluding hydrogens is 310 g/mol. The molecule has 0 unspecified atom stereocenters. The lowest BCUT2D eigenvalue weighted by molar-refractivity contribution is 0.0844. The molecule has 1 saturated carbocycles. The van der Waals surface area contributed by atoms with Gasteiger partial charge in [-0.25, -0.2) is 0 Å². The first kappa shape index (κ1) is 20.3. The Morgan fingerprint density at radius 1 is 1.12 bits per heavy atom. The minimum atomic E-state index is -0.397. The number of aliphatic hydroxyl groups excluding tert-OH is 1. The maximum absolute atomic E-state index is 10.6. The van der Waals surface area contributed by atoms with E-state index in [4.69, 9.17) is 10.5 Å². The van der Waals surface area contributed by atoms with E-state index in [1.807, 2.05) is 30.3 Å². The van der Waals surface area contributed by atoms with Gasteiger partial charge in [0.25, 0.3) is 0 Å². The molecule has 0 amide bonds. The summed E-state index contributed by atoms with van der Waals surface area (Å²) in [5, 5.41) is 10.6. The molecule has 0 aliphatic heterocycles. The Kier molecular flexibility index (Phi) is 8.77. The Balaban J connectivity index is 1.74. The maximum atomic E-state index is 10.6. The van der Waals surface area contributed by atoms with Crippen LogP contribution in [0.3, 0.4) is 0 Å². The van der Waals surface area contributed by atoms with Crippen molar-refractivity contribution in [3.63, 3.8) is 0 Å². The molecule has 25 heavy (non-hydrogen) atoms. The largest absolute Gasteiger partial charge is 0.494 e. The van der Waals surface area contributed by atoms with Crippen LogP contribution in [0, 0.1) is 17.8 Å². The quantitative estimate of drug-likeness (QED) is 0.640. The fourth-order valence-corrected chi connectivity index (χ4v) is 4.02. The third-order valence-electron chi connectivity index (χ3n) is 5.81. The summed E-state index contributed by atoms with van der Waals surface area (Å²) < 4.78 is 5.84. The summed E-state index contributed by atoms with van der Waals surface area (Å²) in [5.41, 5.74) is 6.33. The summed E-state index contributed by atoms with van der Waals surface area (Å²) in [6.45, 7) is 5.15. The van der Waals surface area contributed by atoms with Crippen LogP contribution in [-0.2, 0) is 0 Å². The van der Waals surface area contributed by atoms with Crippen LogP contribution in [0.15, 0.2) is 30.3 Å². The number of nitrogens with two attached hydrogens (primary N) is 1. The second-order valence-electron chi connectivity index (χ2n) is 8.16.